The monoisotopic (exact) mass is 281 g/mol. The molecule has 0 aromatic rings. The van der Waals surface area contributed by atoms with E-state index in [1.54, 1.807) is 0 Å². The number of unbranched alkanes of at least 4 members (excludes halogenated alkanes) is 6. The Hall–Kier alpha value is -0.600. The van der Waals surface area contributed by atoms with Gasteiger partial charge in [-0.15, -0.1) is 0 Å². The molecule has 0 rings (SSSR count). The van der Waals surface area contributed by atoms with Crippen LogP contribution in [0.2, 0.25) is 0 Å². The summed E-state index contributed by atoms with van der Waals surface area (Å²) in [7, 11) is 0. The predicted molar refractivity (Wildman–Crippen MR) is 90.5 cm³/mol. The Morgan fingerprint density at radius 3 is 1.55 bits per heavy atom. The minimum Gasteiger partial charge on any atom is -0.633 e. The van der Waals surface area contributed by atoms with Gasteiger partial charge < -0.3 is 9.85 Å². The first-order valence-corrected chi connectivity index (χ1v) is 8.48. The third-order valence-electron chi connectivity index (χ3n) is 3.92. The molecular formula is C18H35NO. The van der Waals surface area contributed by atoms with Gasteiger partial charge in [-0.3, -0.25) is 0 Å². The van der Waals surface area contributed by atoms with E-state index in [-0.39, 0.29) is 4.65 Å². The number of nitrogens with zero attached hydrogens (tertiary/aromatic N) is 1. The van der Waals surface area contributed by atoms with Crippen LogP contribution in [0.1, 0.15) is 72.1 Å². The molecule has 2 heteroatoms. The normalized spacial score (nSPS) is 12.8. The van der Waals surface area contributed by atoms with E-state index in [9.17, 15) is 5.21 Å². The maximum atomic E-state index is 12.6. The molecule has 0 bridgehead atoms. The molecule has 0 saturated carbocycles. The first-order chi connectivity index (χ1) is 9.68. The summed E-state index contributed by atoms with van der Waals surface area (Å²) in [6.45, 7) is 8.50. The maximum absolute atomic E-state index is 12.6. The molecule has 0 atom stereocenters. The molecule has 118 valence electrons. The number of rotatable bonds is 13. The lowest BCUT2D eigenvalue weighted by molar-refractivity contribution is -0.879. The summed E-state index contributed by atoms with van der Waals surface area (Å²) in [5, 5.41) is 12.6. The summed E-state index contributed by atoms with van der Waals surface area (Å²) in [5.74, 6) is 0. The van der Waals surface area contributed by atoms with E-state index in [0.29, 0.717) is 0 Å². The number of hydrogen-bond donors (Lipinski definition) is 0. The van der Waals surface area contributed by atoms with Crippen LogP contribution in [0, 0.1) is 5.21 Å². The minimum absolute atomic E-state index is 0.0211. The predicted octanol–water partition coefficient (Wildman–Crippen LogP) is 5.59. The van der Waals surface area contributed by atoms with Crippen LogP contribution in [0.5, 0.6) is 0 Å². The fourth-order valence-electron chi connectivity index (χ4n) is 2.44. The lowest BCUT2D eigenvalue weighted by atomic mass is 10.1. The molecule has 0 amide bonds. The second-order valence-electron chi connectivity index (χ2n) is 5.66. The average Bonchev–Trinajstić information content (AvgIpc) is 2.46. The standard InChI is InChI=1S/C18H35NO/c1-4-7-9-11-13-15-17-19(20,6-3)18-16-14-12-10-8-5-2/h4-5,7-8H,6,9-18H2,1-3H3/b7-4+,8-5+. The Bertz CT molecular complexity index is 236. The van der Waals surface area contributed by atoms with E-state index >= 15 is 0 Å². The average molecular weight is 281 g/mol. The van der Waals surface area contributed by atoms with Crippen LogP contribution < -0.4 is 0 Å². The SMILES string of the molecule is C/C=C/CCCCC[N+]([O-])(CC)CCCCC/C=C/C. The zero-order valence-corrected chi connectivity index (χ0v) is 13.9. The Balaban J connectivity index is 3.67. The van der Waals surface area contributed by atoms with Gasteiger partial charge in [-0.1, -0.05) is 24.3 Å². The van der Waals surface area contributed by atoms with Crippen LogP contribution >= 0.6 is 0 Å². The van der Waals surface area contributed by atoms with Crippen molar-refractivity contribution in [1.82, 2.24) is 0 Å². The summed E-state index contributed by atoms with van der Waals surface area (Å²) in [6, 6.07) is 0. The fraction of sp³-hybridized carbons (Fsp3) is 0.778. The van der Waals surface area contributed by atoms with Crippen LogP contribution in [0.3, 0.4) is 0 Å². The summed E-state index contributed by atoms with van der Waals surface area (Å²) < 4.78 is 0.0211. The molecule has 0 spiro atoms. The van der Waals surface area contributed by atoms with E-state index < -0.39 is 0 Å². The molecule has 0 aliphatic heterocycles. The van der Waals surface area contributed by atoms with Crippen LogP contribution in [0.25, 0.3) is 0 Å². The topological polar surface area (TPSA) is 23.1 Å². The molecule has 0 aliphatic rings. The molecule has 2 nitrogen and oxygen atoms in total. The third kappa shape index (κ3) is 11.2. The van der Waals surface area contributed by atoms with Crippen molar-refractivity contribution in [3.05, 3.63) is 29.5 Å². The highest BCUT2D eigenvalue weighted by Crippen LogP contribution is 2.12. The van der Waals surface area contributed by atoms with E-state index in [0.717, 1.165) is 45.3 Å². The quantitative estimate of drug-likeness (QED) is 0.187. The summed E-state index contributed by atoms with van der Waals surface area (Å²) in [5.41, 5.74) is 0. The molecule has 0 fully saturated rings. The molecule has 0 aromatic carbocycles. The zero-order valence-electron chi connectivity index (χ0n) is 13.9. The first-order valence-electron chi connectivity index (χ1n) is 8.48. The molecule has 0 N–H and O–H groups in total. The Kier molecular flexibility index (Phi) is 13.0. The van der Waals surface area contributed by atoms with Crippen LogP contribution in [0.15, 0.2) is 24.3 Å². The van der Waals surface area contributed by atoms with E-state index in [2.05, 4.69) is 38.2 Å². The van der Waals surface area contributed by atoms with E-state index in [1.807, 2.05) is 6.92 Å². The molecular weight excluding hydrogens is 246 g/mol. The van der Waals surface area contributed by atoms with Gasteiger partial charge in [-0.25, -0.2) is 0 Å². The minimum atomic E-state index is 0.0211. The summed E-state index contributed by atoms with van der Waals surface area (Å²) in [6.07, 6.45) is 17.9. The molecule has 0 saturated heterocycles. The smallest absolute Gasteiger partial charge is 0.0783 e. The van der Waals surface area contributed by atoms with Crippen molar-refractivity contribution in [1.29, 1.82) is 0 Å². The lowest BCUT2D eigenvalue weighted by Crippen LogP contribution is -2.43. The number of hydroxylamine groups is 3. The number of hydrogen-bond acceptors (Lipinski definition) is 1. The molecule has 20 heavy (non-hydrogen) atoms. The van der Waals surface area contributed by atoms with Gasteiger partial charge in [-0.05, 0) is 72.1 Å². The van der Waals surface area contributed by atoms with Crippen molar-refractivity contribution in [2.45, 2.75) is 72.1 Å². The van der Waals surface area contributed by atoms with Crippen LogP contribution in [-0.2, 0) is 0 Å². The lowest BCUT2D eigenvalue weighted by Gasteiger charge is -2.42. The van der Waals surface area contributed by atoms with Gasteiger partial charge in [-0.2, -0.15) is 0 Å². The van der Waals surface area contributed by atoms with Gasteiger partial charge in [0.1, 0.15) is 0 Å². The second kappa shape index (κ2) is 13.4. The molecule has 0 aromatic heterocycles. The third-order valence-corrected chi connectivity index (χ3v) is 3.92. The van der Waals surface area contributed by atoms with Crippen LogP contribution in [0.4, 0.5) is 0 Å². The molecule has 0 unspecified atom stereocenters. The Labute approximate surface area is 126 Å². The van der Waals surface area contributed by atoms with E-state index in [1.165, 1.54) is 25.7 Å². The summed E-state index contributed by atoms with van der Waals surface area (Å²) >= 11 is 0. The van der Waals surface area contributed by atoms with Gasteiger partial charge in [0.2, 0.25) is 0 Å². The van der Waals surface area contributed by atoms with Crippen molar-refractivity contribution in [2.24, 2.45) is 0 Å². The van der Waals surface area contributed by atoms with Crippen molar-refractivity contribution in [3.8, 4) is 0 Å². The number of quaternary nitrogens is 1. The maximum Gasteiger partial charge on any atom is 0.0783 e. The van der Waals surface area contributed by atoms with Gasteiger partial charge in [0, 0.05) is 0 Å². The van der Waals surface area contributed by atoms with Crippen molar-refractivity contribution < 1.29 is 4.65 Å². The second-order valence-corrected chi connectivity index (χ2v) is 5.66. The largest absolute Gasteiger partial charge is 0.633 e. The van der Waals surface area contributed by atoms with Gasteiger partial charge in [0.15, 0.2) is 0 Å². The number of allylic oxidation sites excluding steroid dienone is 4. The molecule has 0 aliphatic carbocycles. The van der Waals surface area contributed by atoms with Gasteiger partial charge in [0.05, 0.1) is 19.6 Å². The van der Waals surface area contributed by atoms with Crippen LogP contribution in [-0.4, -0.2) is 24.3 Å². The highest BCUT2D eigenvalue weighted by atomic mass is 16.5. The fourth-order valence-corrected chi connectivity index (χ4v) is 2.44. The molecule has 0 heterocycles. The van der Waals surface area contributed by atoms with Gasteiger partial charge >= 0.3 is 0 Å². The summed E-state index contributed by atoms with van der Waals surface area (Å²) in [4.78, 5) is 0. The van der Waals surface area contributed by atoms with Gasteiger partial charge in [0.25, 0.3) is 0 Å². The zero-order chi connectivity index (χ0) is 15.1. The van der Waals surface area contributed by atoms with Crippen molar-refractivity contribution >= 4 is 0 Å². The van der Waals surface area contributed by atoms with Crippen molar-refractivity contribution in [2.75, 3.05) is 19.6 Å². The highest BCUT2D eigenvalue weighted by Gasteiger charge is 2.12. The highest BCUT2D eigenvalue weighted by molar-refractivity contribution is 4.76. The Morgan fingerprint density at radius 2 is 1.20 bits per heavy atom. The van der Waals surface area contributed by atoms with E-state index in [4.69, 9.17) is 0 Å². The first kappa shape index (κ1) is 19.4. The Morgan fingerprint density at radius 1 is 0.750 bits per heavy atom. The molecule has 0 radical (unpaired) electrons. The van der Waals surface area contributed by atoms with Crippen molar-refractivity contribution in [3.63, 3.8) is 0 Å².